The lowest BCUT2D eigenvalue weighted by Gasteiger charge is -2.05. The number of nitrogens with one attached hydrogen (secondary N) is 1. The van der Waals surface area contributed by atoms with Crippen molar-refractivity contribution in [1.29, 1.82) is 0 Å². The van der Waals surface area contributed by atoms with E-state index in [0.29, 0.717) is 13.3 Å². The lowest BCUT2D eigenvalue weighted by atomic mass is 10.2. The summed E-state index contributed by atoms with van der Waals surface area (Å²) in [6.45, 7) is 0.961. The van der Waals surface area contributed by atoms with Gasteiger partial charge in [0.1, 0.15) is 11.5 Å². The van der Waals surface area contributed by atoms with Crippen molar-refractivity contribution < 1.29 is 13.9 Å². The van der Waals surface area contributed by atoms with Crippen molar-refractivity contribution >= 4 is 17.4 Å². The van der Waals surface area contributed by atoms with Gasteiger partial charge in [-0.15, -0.1) is 0 Å². The second-order valence-electron chi connectivity index (χ2n) is 4.22. The lowest BCUT2D eigenvalue weighted by Crippen LogP contribution is -1.97. The van der Waals surface area contributed by atoms with Crippen LogP contribution in [-0.4, -0.2) is 13.0 Å². The summed E-state index contributed by atoms with van der Waals surface area (Å²) in [5, 5.41) is 3.31. The van der Waals surface area contributed by atoms with Crippen LogP contribution in [0.15, 0.2) is 34.7 Å². The first-order valence-corrected chi connectivity index (χ1v) is 7.44. The van der Waals surface area contributed by atoms with Crippen molar-refractivity contribution in [1.82, 2.24) is 0 Å². The van der Waals surface area contributed by atoms with Crippen molar-refractivity contribution in [3.63, 3.8) is 0 Å². The third kappa shape index (κ3) is 2.81. The van der Waals surface area contributed by atoms with Crippen LogP contribution in [0.4, 0.5) is 5.69 Å². The molecule has 3 rings (SSSR count). The Morgan fingerprint density at radius 2 is 1.95 bits per heavy atom. The number of hydrogen-bond acceptors (Lipinski definition) is 5. The molecule has 4 nitrogen and oxygen atoms in total. The molecule has 1 aromatic carbocycles. The summed E-state index contributed by atoms with van der Waals surface area (Å²) in [5.74, 6) is 4.43. The van der Waals surface area contributed by atoms with Gasteiger partial charge in [-0.1, -0.05) is 0 Å². The van der Waals surface area contributed by atoms with Gasteiger partial charge >= 0.3 is 0 Å². The van der Waals surface area contributed by atoms with E-state index in [9.17, 15) is 0 Å². The molecular weight excluding hydrogens is 262 g/mol. The van der Waals surface area contributed by atoms with Gasteiger partial charge in [-0.05, 0) is 30.5 Å². The molecule has 5 heteroatoms. The molecule has 1 aliphatic rings. The first kappa shape index (κ1) is 12.3. The molecule has 0 aliphatic carbocycles. The fourth-order valence-corrected chi connectivity index (χ4v) is 2.37. The van der Waals surface area contributed by atoms with Crippen molar-refractivity contribution in [2.75, 3.05) is 18.4 Å². The number of thioether (sulfide) groups is 1. The van der Waals surface area contributed by atoms with Gasteiger partial charge in [0.2, 0.25) is 6.79 Å². The second kappa shape index (κ2) is 5.48. The zero-order chi connectivity index (χ0) is 13.1. The molecule has 2 aromatic rings. The highest BCUT2D eigenvalue weighted by Crippen LogP contribution is 2.34. The van der Waals surface area contributed by atoms with Crippen molar-refractivity contribution in [3.05, 3.63) is 41.9 Å². The third-order valence-corrected chi connectivity index (χ3v) is 3.42. The van der Waals surface area contributed by atoms with Crippen LogP contribution in [-0.2, 0) is 12.3 Å². The molecular formula is C14H15NO3S. The topological polar surface area (TPSA) is 43.6 Å². The van der Waals surface area contributed by atoms with Crippen LogP contribution in [0.5, 0.6) is 11.5 Å². The Hall–Kier alpha value is -1.75. The lowest BCUT2D eigenvalue weighted by molar-refractivity contribution is 0.174. The van der Waals surface area contributed by atoms with E-state index in [2.05, 4.69) is 11.6 Å². The normalized spacial score (nSPS) is 12.7. The fourth-order valence-electron chi connectivity index (χ4n) is 1.93. The fraction of sp³-hybridized carbons (Fsp3) is 0.286. The monoisotopic (exact) mass is 277 g/mol. The summed E-state index contributed by atoms with van der Waals surface area (Å²) < 4.78 is 16.3. The molecule has 0 saturated carbocycles. The van der Waals surface area contributed by atoms with Crippen LogP contribution in [0.2, 0.25) is 0 Å². The summed E-state index contributed by atoms with van der Waals surface area (Å²) in [5.41, 5.74) is 0.993. The van der Waals surface area contributed by atoms with Crippen LogP contribution >= 0.6 is 11.8 Å². The number of hydrogen-bond donors (Lipinski definition) is 1. The zero-order valence-corrected chi connectivity index (χ0v) is 11.5. The number of furan rings is 1. The number of anilines is 1. The van der Waals surface area contributed by atoms with Gasteiger partial charge in [0, 0.05) is 11.8 Å². The third-order valence-electron chi connectivity index (χ3n) is 2.84. The minimum absolute atomic E-state index is 0.301. The van der Waals surface area contributed by atoms with Crippen molar-refractivity contribution in [3.8, 4) is 11.5 Å². The van der Waals surface area contributed by atoms with Gasteiger partial charge in [0.15, 0.2) is 11.5 Å². The average molecular weight is 277 g/mol. The molecule has 0 unspecified atom stereocenters. The van der Waals surface area contributed by atoms with Crippen LogP contribution < -0.4 is 14.8 Å². The Morgan fingerprint density at radius 1 is 1.11 bits per heavy atom. The molecule has 1 N–H and O–H groups in total. The molecule has 0 bridgehead atoms. The molecule has 2 heterocycles. The highest BCUT2D eigenvalue weighted by atomic mass is 32.2. The predicted molar refractivity (Wildman–Crippen MR) is 75.8 cm³/mol. The second-order valence-corrected chi connectivity index (χ2v) is 5.09. The van der Waals surface area contributed by atoms with Gasteiger partial charge in [0.05, 0.1) is 12.3 Å². The Kier molecular flexibility index (Phi) is 3.55. The van der Waals surface area contributed by atoms with Crippen LogP contribution in [0.1, 0.15) is 11.5 Å². The van der Waals surface area contributed by atoms with E-state index in [1.807, 2.05) is 30.3 Å². The molecule has 1 aliphatic heterocycles. The Bertz CT molecular complexity index is 568. The molecule has 0 saturated heterocycles. The molecule has 1 aromatic heterocycles. The van der Waals surface area contributed by atoms with E-state index in [1.54, 1.807) is 11.8 Å². The Balaban J connectivity index is 1.62. The molecule has 0 fully saturated rings. The van der Waals surface area contributed by atoms with Gasteiger partial charge in [-0.3, -0.25) is 0 Å². The van der Waals surface area contributed by atoms with Gasteiger partial charge < -0.3 is 19.2 Å². The maximum Gasteiger partial charge on any atom is 0.231 e. The minimum atomic E-state index is 0.301. The van der Waals surface area contributed by atoms with E-state index in [1.165, 1.54) is 0 Å². The molecule has 0 atom stereocenters. The highest BCUT2D eigenvalue weighted by molar-refractivity contribution is 7.97. The molecule has 0 radical (unpaired) electrons. The molecule has 0 spiro atoms. The number of ether oxygens (including phenoxy) is 2. The summed E-state index contributed by atoms with van der Waals surface area (Å²) in [7, 11) is 0. The van der Waals surface area contributed by atoms with Crippen LogP contribution in [0.25, 0.3) is 0 Å². The summed E-state index contributed by atoms with van der Waals surface area (Å²) in [6, 6.07) is 9.85. The van der Waals surface area contributed by atoms with E-state index in [4.69, 9.17) is 13.9 Å². The van der Waals surface area contributed by atoms with E-state index in [0.717, 1.165) is 34.5 Å². The number of fused-ring (bicyclic) bond motifs is 1. The summed E-state index contributed by atoms with van der Waals surface area (Å²) >= 11 is 1.75. The SMILES string of the molecule is CSCc1ccc(CNc2ccc3c(c2)OCO3)o1. The highest BCUT2D eigenvalue weighted by Gasteiger charge is 2.13. The van der Waals surface area contributed by atoms with Gasteiger partial charge in [0.25, 0.3) is 0 Å². The van der Waals surface area contributed by atoms with E-state index in [-0.39, 0.29) is 0 Å². The van der Waals surface area contributed by atoms with E-state index >= 15 is 0 Å². The summed E-state index contributed by atoms with van der Waals surface area (Å²) in [6.07, 6.45) is 2.06. The van der Waals surface area contributed by atoms with Crippen molar-refractivity contribution in [2.45, 2.75) is 12.3 Å². The van der Waals surface area contributed by atoms with Gasteiger partial charge in [-0.2, -0.15) is 11.8 Å². The zero-order valence-electron chi connectivity index (χ0n) is 10.6. The van der Waals surface area contributed by atoms with Crippen LogP contribution in [0, 0.1) is 0 Å². The first-order chi connectivity index (χ1) is 9.35. The molecule has 0 amide bonds. The maximum atomic E-state index is 5.70. The smallest absolute Gasteiger partial charge is 0.231 e. The average Bonchev–Trinajstić information content (AvgIpc) is 3.04. The van der Waals surface area contributed by atoms with Gasteiger partial charge in [-0.25, -0.2) is 0 Å². The summed E-state index contributed by atoms with van der Waals surface area (Å²) in [4.78, 5) is 0. The molecule has 100 valence electrons. The Morgan fingerprint density at radius 3 is 2.84 bits per heavy atom. The Labute approximate surface area is 116 Å². The maximum absolute atomic E-state index is 5.70. The molecule has 19 heavy (non-hydrogen) atoms. The quantitative estimate of drug-likeness (QED) is 0.906. The van der Waals surface area contributed by atoms with Crippen LogP contribution in [0.3, 0.4) is 0 Å². The number of rotatable bonds is 5. The van der Waals surface area contributed by atoms with Crippen molar-refractivity contribution in [2.24, 2.45) is 0 Å². The van der Waals surface area contributed by atoms with E-state index < -0.39 is 0 Å². The largest absolute Gasteiger partial charge is 0.463 e. The minimum Gasteiger partial charge on any atom is -0.463 e. The standard InChI is InChI=1S/C14H15NO3S/c1-19-8-12-4-3-11(18-12)7-15-10-2-5-13-14(6-10)17-9-16-13/h2-6,15H,7-9H2,1H3. The predicted octanol–water partition coefficient (Wildman–Crippen LogP) is 3.48. The first-order valence-electron chi connectivity index (χ1n) is 6.05. The number of benzene rings is 1.